The van der Waals surface area contributed by atoms with Gasteiger partial charge in [0, 0.05) is 18.4 Å². The molecule has 1 aromatic rings. The molecule has 0 aliphatic carbocycles. The van der Waals surface area contributed by atoms with Crippen LogP contribution in [0.5, 0.6) is 0 Å². The summed E-state index contributed by atoms with van der Waals surface area (Å²) in [6.07, 6.45) is 0.589. The lowest BCUT2D eigenvalue weighted by Gasteiger charge is -2.24. The van der Waals surface area contributed by atoms with E-state index in [9.17, 15) is 14.7 Å². The maximum absolute atomic E-state index is 11.3. The van der Waals surface area contributed by atoms with E-state index in [1.807, 2.05) is 30.3 Å². The quantitative estimate of drug-likeness (QED) is 0.762. The number of rotatable bonds is 4. The first-order valence-corrected chi connectivity index (χ1v) is 5.87. The second kappa shape index (κ2) is 4.78. The number of carbonyl (C=O) groups excluding carboxylic acids is 1. The number of esters is 1. The summed E-state index contributed by atoms with van der Waals surface area (Å²) in [5.74, 6) is -1.53. The molecule has 0 spiro atoms. The maximum atomic E-state index is 11.3. The minimum absolute atomic E-state index is 0.161. The van der Waals surface area contributed by atoms with E-state index in [1.165, 1.54) is 0 Å². The lowest BCUT2D eigenvalue weighted by Crippen LogP contribution is -2.57. The van der Waals surface area contributed by atoms with Crippen LogP contribution < -0.4 is 5.73 Å². The van der Waals surface area contributed by atoms with Crippen molar-refractivity contribution in [3.05, 3.63) is 35.9 Å². The maximum Gasteiger partial charge on any atom is 0.348 e. The predicted octanol–water partition coefficient (Wildman–Crippen LogP) is 0.520. The molecule has 18 heavy (non-hydrogen) atoms. The number of carboxylic acid groups (broad SMARTS) is 1. The van der Waals surface area contributed by atoms with Gasteiger partial charge in [0.1, 0.15) is 6.04 Å². The molecule has 5 nitrogen and oxygen atoms in total. The van der Waals surface area contributed by atoms with E-state index in [-0.39, 0.29) is 25.3 Å². The predicted molar refractivity (Wildman–Crippen MR) is 62.4 cm³/mol. The van der Waals surface area contributed by atoms with Crippen LogP contribution in [0.2, 0.25) is 0 Å². The largest absolute Gasteiger partial charge is 0.478 e. The van der Waals surface area contributed by atoms with Crippen LogP contribution in [0.1, 0.15) is 30.9 Å². The molecule has 2 rings (SSSR count). The van der Waals surface area contributed by atoms with E-state index < -0.39 is 17.5 Å². The van der Waals surface area contributed by atoms with Crippen molar-refractivity contribution in [3.63, 3.8) is 0 Å². The highest BCUT2D eigenvalue weighted by Crippen LogP contribution is 2.34. The zero-order valence-corrected chi connectivity index (χ0v) is 9.96. The highest BCUT2D eigenvalue weighted by molar-refractivity contribution is 5.85. The van der Waals surface area contributed by atoms with Gasteiger partial charge in [-0.2, -0.15) is 0 Å². The Morgan fingerprint density at radius 2 is 2.11 bits per heavy atom. The van der Waals surface area contributed by atoms with Crippen LogP contribution in [0.25, 0.3) is 0 Å². The number of benzene rings is 1. The molecular weight excluding hydrogens is 234 g/mol. The van der Waals surface area contributed by atoms with Crippen LogP contribution in [0, 0.1) is 0 Å². The Balaban J connectivity index is 2.16. The molecule has 96 valence electrons. The molecule has 1 aliphatic heterocycles. The van der Waals surface area contributed by atoms with Crippen molar-refractivity contribution in [1.82, 2.24) is 0 Å². The van der Waals surface area contributed by atoms with E-state index in [1.54, 1.807) is 0 Å². The van der Waals surface area contributed by atoms with E-state index in [0.717, 1.165) is 5.56 Å². The molecule has 4 N–H and O–H groups in total. The molecule has 2 atom stereocenters. The Labute approximate surface area is 105 Å². The molecule has 1 heterocycles. The smallest absolute Gasteiger partial charge is 0.348 e. The number of carbonyl (C=O) groups is 2. The van der Waals surface area contributed by atoms with Crippen molar-refractivity contribution in [2.24, 2.45) is 0 Å². The Morgan fingerprint density at radius 3 is 2.61 bits per heavy atom. The topological polar surface area (TPSA) is 91.2 Å². The molecule has 5 heteroatoms. The van der Waals surface area contributed by atoms with Crippen LogP contribution in [0.15, 0.2) is 30.3 Å². The lowest BCUT2D eigenvalue weighted by molar-refractivity contribution is -0.432. The zero-order chi connectivity index (χ0) is 13.2. The van der Waals surface area contributed by atoms with Crippen molar-refractivity contribution < 1.29 is 25.2 Å². The summed E-state index contributed by atoms with van der Waals surface area (Å²) >= 11 is 0. The van der Waals surface area contributed by atoms with Crippen molar-refractivity contribution in [2.75, 3.05) is 0 Å². The first kappa shape index (κ1) is 12.6. The minimum Gasteiger partial charge on any atom is -0.478 e. The monoisotopic (exact) mass is 250 g/mol. The van der Waals surface area contributed by atoms with Gasteiger partial charge in [0.25, 0.3) is 0 Å². The van der Waals surface area contributed by atoms with Crippen molar-refractivity contribution in [1.29, 1.82) is 0 Å². The first-order chi connectivity index (χ1) is 8.53. The molecular formula is C13H16NO4+. The van der Waals surface area contributed by atoms with Gasteiger partial charge in [0.2, 0.25) is 5.60 Å². The Hall–Kier alpha value is -1.88. The molecule has 0 saturated carbocycles. The second-order valence-corrected chi connectivity index (χ2v) is 4.59. The molecule has 1 aromatic carbocycles. The summed E-state index contributed by atoms with van der Waals surface area (Å²) in [6.45, 7) is 0. The van der Waals surface area contributed by atoms with Crippen LogP contribution in [0.4, 0.5) is 0 Å². The van der Waals surface area contributed by atoms with Gasteiger partial charge in [-0.15, -0.1) is 0 Å². The molecule has 0 radical (unpaired) electrons. The van der Waals surface area contributed by atoms with Crippen molar-refractivity contribution >= 4 is 11.9 Å². The third kappa shape index (κ3) is 2.36. The van der Waals surface area contributed by atoms with Crippen LogP contribution in [-0.2, 0) is 14.3 Å². The summed E-state index contributed by atoms with van der Waals surface area (Å²) < 4.78 is 5.02. The van der Waals surface area contributed by atoms with Crippen molar-refractivity contribution in [2.45, 2.75) is 30.9 Å². The molecule has 0 bridgehead atoms. The number of hydrogen-bond acceptors (Lipinski definition) is 3. The van der Waals surface area contributed by atoms with Gasteiger partial charge in [-0.25, -0.2) is 4.79 Å². The summed E-state index contributed by atoms with van der Waals surface area (Å²) in [5, 5.41) is 9.27. The van der Waals surface area contributed by atoms with Gasteiger partial charge in [-0.05, 0) is 0 Å². The van der Waals surface area contributed by atoms with Crippen LogP contribution in [-0.4, -0.2) is 22.6 Å². The van der Waals surface area contributed by atoms with E-state index in [2.05, 4.69) is 5.73 Å². The molecule has 1 fully saturated rings. The fourth-order valence-corrected chi connectivity index (χ4v) is 2.25. The standard InChI is InChI=1S/C13H15NO4/c14-10(9-4-2-1-3-5-9)8-13(12(16)17)7-6-11(15)18-13/h1-5,10H,6-8,14H2,(H,16,17)/p+1. The highest BCUT2D eigenvalue weighted by Gasteiger charge is 2.49. The molecule has 1 aliphatic rings. The van der Waals surface area contributed by atoms with Gasteiger partial charge < -0.3 is 15.6 Å². The molecule has 2 unspecified atom stereocenters. The van der Waals surface area contributed by atoms with E-state index in [0.29, 0.717) is 0 Å². The van der Waals surface area contributed by atoms with Gasteiger partial charge in [-0.1, -0.05) is 30.3 Å². The number of ether oxygens (including phenoxy) is 1. The summed E-state index contributed by atoms with van der Waals surface area (Å²) in [5.41, 5.74) is 3.51. The highest BCUT2D eigenvalue weighted by atomic mass is 16.6. The fourth-order valence-electron chi connectivity index (χ4n) is 2.25. The number of cyclic esters (lactones) is 1. The van der Waals surface area contributed by atoms with Gasteiger partial charge in [0.15, 0.2) is 0 Å². The lowest BCUT2D eigenvalue weighted by atomic mass is 9.89. The third-order valence-electron chi connectivity index (χ3n) is 3.28. The van der Waals surface area contributed by atoms with Gasteiger partial charge >= 0.3 is 11.9 Å². The summed E-state index contributed by atoms with van der Waals surface area (Å²) in [4.78, 5) is 22.5. The average molecular weight is 250 g/mol. The summed E-state index contributed by atoms with van der Waals surface area (Å²) in [7, 11) is 0. The van der Waals surface area contributed by atoms with Gasteiger partial charge in [0.05, 0.1) is 6.42 Å². The normalized spacial score (nSPS) is 24.6. The van der Waals surface area contributed by atoms with Crippen LogP contribution >= 0.6 is 0 Å². The number of quaternary nitrogens is 1. The van der Waals surface area contributed by atoms with Gasteiger partial charge in [-0.3, -0.25) is 4.79 Å². The molecule has 0 aromatic heterocycles. The minimum atomic E-state index is -1.40. The number of carboxylic acids is 1. The Bertz CT molecular complexity index is 459. The van der Waals surface area contributed by atoms with Crippen molar-refractivity contribution in [3.8, 4) is 0 Å². The zero-order valence-electron chi connectivity index (χ0n) is 9.96. The SMILES string of the molecule is [NH3+]C(CC1(C(=O)O)CCC(=O)O1)c1ccccc1. The Morgan fingerprint density at radius 1 is 1.44 bits per heavy atom. The summed E-state index contributed by atoms with van der Waals surface area (Å²) in [6, 6.07) is 9.21. The molecule has 0 amide bonds. The molecule has 1 saturated heterocycles. The van der Waals surface area contributed by atoms with E-state index >= 15 is 0 Å². The number of hydrogen-bond donors (Lipinski definition) is 2. The Kier molecular flexibility index (Phi) is 3.34. The fraction of sp³-hybridized carbons (Fsp3) is 0.385. The van der Waals surface area contributed by atoms with Crippen LogP contribution in [0.3, 0.4) is 0 Å². The number of aliphatic carboxylic acids is 1. The second-order valence-electron chi connectivity index (χ2n) is 4.59. The third-order valence-corrected chi connectivity index (χ3v) is 3.28. The first-order valence-electron chi connectivity index (χ1n) is 5.87. The average Bonchev–Trinajstić information content (AvgIpc) is 2.73. The van der Waals surface area contributed by atoms with E-state index in [4.69, 9.17) is 4.74 Å².